The van der Waals surface area contributed by atoms with Crippen LogP contribution < -0.4 is 11.5 Å². The summed E-state index contributed by atoms with van der Waals surface area (Å²) in [6.45, 7) is 2.01. The molecule has 1 aromatic heterocycles. The normalized spacial score (nSPS) is 10.8. The molecule has 0 bridgehead atoms. The van der Waals surface area contributed by atoms with Gasteiger partial charge in [-0.1, -0.05) is 18.2 Å². The molecule has 0 unspecified atom stereocenters. The molecule has 2 aromatic carbocycles. The third-order valence-corrected chi connectivity index (χ3v) is 3.45. The summed E-state index contributed by atoms with van der Waals surface area (Å²) in [7, 11) is 0. The number of pyridine rings is 1. The number of nitrogen functional groups attached to an aromatic ring is 2. The van der Waals surface area contributed by atoms with Crippen LogP contribution in [0.5, 0.6) is 0 Å². The molecule has 0 aliphatic heterocycles. The smallest absolute Gasteiger partial charge is 0.0728 e. The molecule has 3 heteroatoms. The van der Waals surface area contributed by atoms with Crippen LogP contribution in [-0.4, -0.2) is 4.98 Å². The Kier molecular flexibility index (Phi) is 3.03. The lowest BCUT2D eigenvalue weighted by Crippen LogP contribution is -1.98. The Morgan fingerprint density at radius 2 is 1.75 bits per heavy atom. The van der Waals surface area contributed by atoms with E-state index in [1.807, 2.05) is 37.3 Å². The standard InChI is InChI=1S/C17H17N3/c1-11-9-13(10-12-5-7-14(18)8-6-12)17-15(19)3-2-4-16(17)20-11/h2-9H,10,18-19H2,1H3. The predicted octanol–water partition coefficient (Wildman–Crippen LogP) is 3.30. The van der Waals surface area contributed by atoms with Crippen LogP contribution in [0.4, 0.5) is 11.4 Å². The number of benzene rings is 2. The Hall–Kier alpha value is -2.55. The number of hydrogen-bond donors (Lipinski definition) is 2. The average molecular weight is 263 g/mol. The van der Waals surface area contributed by atoms with Gasteiger partial charge in [-0.2, -0.15) is 0 Å². The van der Waals surface area contributed by atoms with Gasteiger partial charge < -0.3 is 11.5 Å². The van der Waals surface area contributed by atoms with E-state index in [9.17, 15) is 0 Å². The van der Waals surface area contributed by atoms with Crippen molar-refractivity contribution in [2.45, 2.75) is 13.3 Å². The lowest BCUT2D eigenvalue weighted by molar-refractivity contribution is 1.16. The van der Waals surface area contributed by atoms with E-state index in [0.717, 1.165) is 34.4 Å². The van der Waals surface area contributed by atoms with Crippen LogP contribution in [0, 0.1) is 6.92 Å². The molecule has 0 saturated carbocycles. The topological polar surface area (TPSA) is 64.9 Å². The molecular weight excluding hydrogens is 246 g/mol. The molecule has 0 atom stereocenters. The van der Waals surface area contributed by atoms with Crippen LogP contribution in [0.2, 0.25) is 0 Å². The molecular formula is C17H17N3. The number of aryl methyl sites for hydroxylation is 1. The molecule has 0 radical (unpaired) electrons. The lowest BCUT2D eigenvalue weighted by Gasteiger charge is -2.10. The second kappa shape index (κ2) is 4.85. The SMILES string of the molecule is Cc1cc(Cc2ccc(N)cc2)c2c(N)cccc2n1. The summed E-state index contributed by atoms with van der Waals surface area (Å²) in [5, 5.41) is 1.05. The molecule has 0 fully saturated rings. The van der Waals surface area contributed by atoms with Crippen LogP contribution >= 0.6 is 0 Å². The Bertz CT molecular complexity index is 761. The van der Waals surface area contributed by atoms with Gasteiger partial charge in [0.05, 0.1) is 5.52 Å². The van der Waals surface area contributed by atoms with Crippen molar-refractivity contribution >= 4 is 22.3 Å². The molecule has 0 aliphatic rings. The van der Waals surface area contributed by atoms with Crippen LogP contribution in [0.15, 0.2) is 48.5 Å². The molecule has 0 aliphatic carbocycles. The minimum atomic E-state index is 0.778. The highest BCUT2D eigenvalue weighted by atomic mass is 14.7. The van der Waals surface area contributed by atoms with Gasteiger partial charge in [-0.25, -0.2) is 0 Å². The molecule has 20 heavy (non-hydrogen) atoms. The molecule has 3 nitrogen and oxygen atoms in total. The van der Waals surface area contributed by atoms with E-state index in [1.165, 1.54) is 11.1 Å². The summed E-state index contributed by atoms with van der Waals surface area (Å²) in [5.41, 5.74) is 17.8. The van der Waals surface area contributed by atoms with Gasteiger partial charge in [0.1, 0.15) is 0 Å². The molecule has 3 rings (SSSR count). The highest BCUT2D eigenvalue weighted by Crippen LogP contribution is 2.26. The lowest BCUT2D eigenvalue weighted by atomic mass is 9.99. The largest absolute Gasteiger partial charge is 0.399 e. The maximum absolute atomic E-state index is 6.12. The highest BCUT2D eigenvalue weighted by Gasteiger charge is 2.08. The van der Waals surface area contributed by atoms with Gasteiger partial charge in [0.2, 0.25) is 0 Å². The zero-order valence-corrected chi connectivity index (χ0v) is 11.4. The predicted molar refractivity (Wildman–Crippen MR) is 84.6 cm³/mol. The monoisotopic (exact) mass is 263 g/mol. The fourth-order valence-electron chi connectivity index (χ4n) is 2.54. The van der Waals surface area contributed by atoms with Gasteiger partial charge in [0.15, 0.2) is 0 Å². The molecule has 3 aromatic rings. The maximum Gasteiger partial charge on any atom is 0.0728 e. The van der Waals surface area contributed by atoms with Crippen molar-refractivity contribution < 1.29 is 0 Å². The van der Waals surface area contributed by atoms with Crippen molar-refractivity contribution in [2.75, 3.05) is 11.5 Å². The first-order valence-electron chi connectivity index (χ1n) is 6.62. The Balaban J connectivity index is 2.13. The van der Waals surface area contributed by atoms with Crippen LogP contribution in [-0.2, 0) is 6.42 Å². The molecule has 0 amide bonds. The second-order valence-electron chi connectivity index (χ2n) is 5.08. The van der Waals surface area contributed by atoms with Gasteiger partial charge in [0.25, 0.3) is 0 Å². The van der Waals surface area contributed by atoms with Crippen molar-refractivity contribution in [1.82, 2.24) is 4.98 Å². The minimum Gasteiger partial charge on any atom is -0.399 e. The third kappa shape index (κ3) is 2.30. The zero-order chi connectivity index (χ0) is 14.1. The summed E-state index contributed by atoms with van der Waals surface area (Å²) in [4.78, 5) is 4.55. The number of nitrogens with two attached hydrogens (primary N) is 2. The van der Waals surface area contributed by atoms with Gasteiger partial charge in [-0.3, -0.25) is 4.98 Å². The summed E-state index contributed by atoms with van der Waals surface area (Å²) in [6, 6.07) is 15.9. The number of fused-ring (bicyclic) bond motifs is 1. The Labute approximate surface area is 118 Å². The summed E-state index contributed by atoms with van der Waals surface area (Å²) < 4.78 is 0. The fourth-order valence-corrected chi connectivity index (χ4v) is 2.54. The number of rotatable bonds is 2. The maximum atomic E-state index is 6.12. The van der Waals surface area contributed by atoms with E-state index in [1.54, 1.807) is 0 Å². The zero-order valence-electron chi connectivity index (χ0n) is 11.4. The van der Waals surface area contributed by atoms with Gasteiger partial charge in [-0.15, -0.1) is 0 Å². The van der Waals surface area contributed by atoms with Crippen molar-refractivity contribution in [1.29, 1.82) is 0 Å². The first-order chi connectivity index (χ1) is 9.63. The minimum absolute atomic E-state index is 0.778. The first kappa shape index (κ1) is 12.5. The fraction of sp³-hybridized carbons (Fsp3) is 0.118. The van der Waals surface area contributed by atoms with E-state index in [0.29, 0.717) is 0 Å². The Morgan fingerprint density at radius 1 is 1.00 bits per heavy atom. The summed E-state index contributed by atoms with van der Waals surface area (Å²) in [5.74, 6) is 0. The number of anilines is 2. The molecule has 0 spiro atoms. The van der Waals surface area contributed by atoms with Gasteiger partial charge in [0, 0.05) is 22.5 Å². The van der Waals surface area contributed by atoms with E-state index >= 15 is 0 Å². The third-order valence-electron chi connectivity index (χ3n) is 3.45. The van der Waals surface area contributed by atoms with E-state index in [-0.39, 0.29) is 0 Å². The van der Waals surface area contributed by atoms with Crippen molar-refractivity contribution in [3.8, 4) is 0 Å². The summed E-state index contributed by atoms with van der Waals surface area (Å²) >= 11 is 0. The second-order valence-corrected chi connectivity index (χ2v) is 5.08. The van der Waals surface area contributed by atoms with Crippen LogP contribution in [0.25, 0.3) is 10.9 Å². The number of aromatic nitrogens is 1. The number of hydrogen-bond acceptors (Lipinski definition) is 3. The summed E-state index contributed by atoms with van der Waals surface area (Å²) in [6.07, 6.45) is 0.828. The van der Waals surface area contributed by atoms with E-state index in [4.69, 9.17) is 11.5 Å². The van der Waals surface area contributed by atoms with E-state index < -0.39 is 0 Å². The first-order valence-corrected chi connectivity index (χ1v) is 6.62. The van der Waals surface area contributed by atoms with E-state index in [2.05, 4.69) is 23.2 Å². The van der Waals surface area contributed by atoms with Crippen molar-refractivity contribution in [3.05, 3.63) is 65.4 Å². The van der Waals surface area contributed by atoms with Gasteiger partial charge >= 0.3 is 0 Å². The molecule has 1 heterocycles. The van der Waals surface area contributed by atoms with Crippen molar-refractivity contribution in [2.24, 2.45) is 0 Å². The molecule has 100 valence electrons. The van der Waals surface area contributed by atoms with Crippen LogP contribution in [0.1, 0.15) is 16.8 Å². The van der Waals surface area contributed by atoms with Crippen LogP contribution in [0.3, 0.4) is 0 Å². The molecule has 4 N–H and O–H groups in total. The number of nitrogens with zero attached hydrogens (tertiary/aromatic N) is 1. The van der Waals surface area contributed by atoms with Gasteiger partial charge in [-0.05, 0) is 54.8 Å². The molecule has 0 saturated heterocycles. The van der Waals surface area contributed by atoms with Crippen molar-refractivity contribution in [3.63, 3.8) is 0 Å². The quantitative estimate of drug-likeness (QED) is 0.697. The highest BCUT2D eigenvalue weighted by molar-refractivity contribution is 5.93. The Morgan fingerprint density at radius 3 is 2.50 bits per heavy atom. The average Bonchev–Trinajstić information content (AvgIpc) is 2.41.